The van der Waals surface area contributed by atoms with Gasteiger partial charge in [-0.15, -0.1) is 0 Å². The van der Waals surface area contributed by atoms with Crippen molar-refractivity contribution in [1.29, 1.82) is 0 Å². The minimum atomic E-state index is -0.452. The second-order valence-electron chi connectivity index (χ2n) is 7.55. The lowest BCUT2D eigenvalue weighted by Gasteiger charge is -2.35. The SMILES string of the molecule is CCCOc1ccc(C(=O)CCC(=O)N2CCN(c3ccc(Cl)cc3[N+](=O)[O-])CC2)cc1. The lowest BCUT2D eigenvalue weighted by Crippen LogP contribution is -2.49. The van der Waals surface area contributed by atoms with E-state index in [0.29, 0.717) is 49.1 Å². The first-order chi connectivity index (χ1) is 15.4. The highest BCUT2D eigenvalue weighted by atomic mass is 35.5. The number of carbonyl (C=O) groups is 2. The van der Waals surface area contributed by atoms with Crippen molar-refractivity contribution in [3.63, 3.8) is 0 Å². The Kier molecular flexibility index (Phi) is 8.05. The van der Waals surface area contributed by atoms with Gasteiger partial charge in [0.25, 0.3) is 5.69 Å². The summed E-state index contributed by atoms with van der Waals surface area (Å²) in [4.78, 5) is 39.5. The Balaban J connectivity index is 1.50. The first-order valence-electron chi connectivity index (χ1n) is 10.6. The Bertz CT molecular complexity index is 972. The fourth-order valence-corrected chi connectivity index (χ4v) is 3.75. The molecule has 1 aliphatic heterocycles. The number of nitro groups is 1. The van der Waals surface area contributed by atoms with Gasteiger partial charge in [0.15, 0.2) is 5.78 Å². The average Bonchev–Trinajstić information content (AvgIpc) is 2.81. The number of ether oxygens (including phenoxy) is 1. The van der Waals surface area contributed by atoms with Crippen LogP contribution in [-0.4, -0.2) is 54.3 Å². The van der Waals surface area contributed by atoms with Gasteiger partial charge in [-0.1, -0.05) is 18.5 Å². The maximum Gasteiger partial charge on any atom is 0.294 e. The van der Waals surface area contributed by atoms with Gasteiger partial charge in [0.1, 0.15) is 11.4 Å². The Labute approximate surface area is 191 Å². The Morgan fingerprint density at radius 2 is 1.75 bits per heavy atom. The van der Waals surface area contributed by atoms with E-state index in [4.69, 9.17) is 16.3 Å². The summed E-state index contributed by atoms with van der Waals surface area (Å²) in [5.74, 6) is 0.542. The summed E-state index contributed by atoms with van der Waals surface area (Å²) in [5, 5.41) is 11.6. The molecule has 0 unspecified atom stereocenters. The van der Waals surface area contributed by atoms with Crippen LogP contribution in [0.5, 0.6) is 5.75 Å². The second-order valence-corrected chi connectivity index (χ2v) is 7.99. The van der Waals surface area contributed by atoms with Crippen LogP contribution in [-0.2, 0) is 4.79 Å². The molecule has 3 rings (SSSR count). The average molecular weight is 460 g/mol. The van der Waals surface area contributed by atoms with Crippen LogP contribution in [0.3, 0.4) is 0 Å². The molecule has 0 spiro atoms. The third kappa shape index (κ3) is 5.97. The summed E-state index contributed by atoms with van der Waals surface area (Å²) in [7, 11) is 0. The van der Waals surface area contributed by atoms with Crippen LogP contribution < -0.4 is 9.64 Å². The third-order valence-electron chi connectivity index (χ3n) is 5.32. The van der Waals surface area contributed by atoms with E-state index >= 15 is 0 Å². The van der Waals surface area contributed by atoms with Gasteiger partial charge < -0.3 is 14.5 Å². The Hall–Kier alpha value is -3.13. The maximum atomic E-state index is 12.6. The molecule has 170 valence electrons. The molecule has 1 heterocycles. The largest absolute Gasteiger partial charge is 0.494 e. The summed E-state index contributed by atoms with van der Waals surface area (Å²) in [6, 6.07) is 11.6. The molecule has 1 amide bonds. The third-order valence-corrected chi connectivity index (χ3v) is 5.56. The number of anilines is 1. The van der Waals surface area contributed by atoms with Crippen molar-refractivity contribution in [3.05, 3.63) is 63.2 Å². The topological polar surface area (TPSA) is 93.0 Å². The van der Waals surface area contributed by atoms with Crippen molar-refractivity contribution in [1.82, 2.24) is 4.90 Å². The van der Waals surface area contributed by atoms with E-state index in [1.54, 1.807) is 41.3 Å². The fourth-order valence-electron chi connectivity index (χ4n) is 3.59. The van der Waals surface area contributed by atoms with Gasteiger partial charge in [0.2, 0.25) is 5.91 Å². The molecule has 2 aromatic carbocycles. The number of Topliss-reactive ketones (excluding diaryl/α,β-unsaturated/α-hetero) is 1. The molecule has 0 aromatic heterocycles. The van der Waals surface area contributed by atoms with E-state index in [9.17, 15) is 19.7 Å². The van der Waals surface area contributed by atoms with Crippen molar-refractivity contribution in [2.45, 2.75) is 26.2 Å². The number of nitrogens with zero attached hydrogens (tertiary/aromatic N) is 3. The van der Waals surface area contributed by atoms with Crippen molar-refractivity contribution < 1.29 is 19.2 Å². The number of hydrogen-bond donors (Lipinski definition) is 0. The Morgan fingerprint density at radius 1 is 1.06 bits per heavy atom. The van der Waals surface area contributed by atoms with E-state index in [0.717, 1.165) is 12.2 Å². The smallest absolute Gasteiger partial charge is 0.294 e. The summed E-state index contributed by atoms with van der Waals surface area (Å²) in [6.45, 7) is 4.48. The van der Waals surface area contributed by atoms with E-state index in [1.165, 1.54) is 6.07 Å². The van der Waals surface area contributed by atoms with E-state index in [1.807, 2.05) is 11.8 Å². The molecule has 1 saturated heterocycles. The number of rotatable bonds is 9. The van der Waals surface area contributed by atoms with Crippen LogP contribution >= 0.6 is 11.6 Å². The zero-order valence-corrected chi connectivity index (χ0v) is 18.7. The van der Waals surface area contributed by atoms with Gasteiger partial charge in [-0.3, -0.25) is 19.7 Å². The number of benzene rings is 2. The van der Waals surface area contributed by atoms with Gasteiger partial charge >= 0.3 is 0 Å². The van der Waals surface area contributed by atoms with Crippen molar-refractivity contribution in [2.24, 2.45) is 0 Å². The predicted molar refractivity (Wildman–Crippen MR) is 123 cm³/mol. The molecular formula is C23H26ClN3O5. The molecule has 1 fully saturated rings. The number of carbonyl (C=O) groups excluding carboxylic acids is 2. The monoisotopic (exact) mass is 459 g/mol. The first-order valence-corrected chi connectivity index (χ1v) is 11.0. The van der Waals surface area contributed by atoms with Crippen LogP contribution in [0.4, 0.5) is 11.4 Å². The molecule has 0 N–H and O–H groups in total. The van der Waals surface area contributed by atoms with Crippen LogP contribution in [0.2, 0.25) is 5.02 Å². The van der Waals surface area contributed by atoms with Crippen LogP contribution in [0.15, 0.2) is 42.5 Å². The number of hydrogen-bond acceptors (Lipinski definition) is 6. The minimum absolute atomic E-state index is 0.0472. The standard InChI is InChI=1S/C23H26ClN3O5/c1-2-15-32-19-6-3-17(4-7-19)22(28)9-10-23(29)26-13-11-25(12-14-26)20-8-5-18(24)16-21(20)27(30)31/h3-8,16H,2,9-15H2,1H3. The number of ketones is 1. The van der Waals surface area contributed by atoms with Crippen LogP contribution in [0.1, 0.15) is 36.5 Å². The summed E-state index contributed by atoms with van der Waals surface area (Å²) in [5.41, 5.74) is 1.00. The molecular weight excluding hydrogens is 434 g/mol. The van der Waals surface area contributed by atoms with Crippen molar-refractivity contribution in [2.75, 3.05) is 37.7 Å². The fraction of sp³-hybridized carbons (Fsp3) is 0.391. The molecule has 2 aromatic rings. The summed E-state index contributed by atoms with van der Waals surface area (Å²) < 4.78 is 5.51. The van der Waals surface area contributed by atoms with Crippen LogP contribution in [0.25, 0.3) is 0 Å². The lowest BCUT2D eigenvalue weighted by atomic mass is 10.1. The number of piperazine rings is 1. The van der Waals surface area contributed by atoms with E-state index in [-0.39, 0.29) is 30.2 Å². The molecule has 32 heavy (non-hydrogen) atoms. The van der Waals surface area contributed by atoms with E-state index < -0.39 is 4.92 Å². The number of halogens is 1. The molecule has 0 bridgehead atoms. The normalized spacial score (nSPS) is 13.7. The summed E-state index contributed by atoms with van der Waals surface area (Å²) in [6.07, 6.45) is 1.18. The zero-order valence-electron chi connectivity index (χ0n) is 18.0. The van der Waals surface area contributed by atoms with Gasteiger partial charge in [-0.25, -0.2) is 0 Å². The first kappa shape index (κ1) is 23.5. The van der Waals surface area contributed by atoms with Gasteiger partial charge in [-0.2, -0.15) is 0 Å². The minimum Gasteiger partial charge on any atom is -0.494 e. The molecule has 0 aliphatic carbocycles. The van der Waals surface area contributed by atoms with Crippen molar-refractivity contribution in [3.8, 4) is 5.75 Å². The van der Waals surface area contributed by atoms with Crippen molar-refractivity contribution >= 4 is 34.7 Å². The van der Waals surface area contributed by atoms with E-state index in [2.05, 4.69) is 0 Å². The highest BCUT2D eigenvalue weighted by molar-refractivity contribution is 6.30. The Morgan fingerprint density at radius 3 is 2.38 bits per heavy atom. The highest BCUT2D eigenvalue weighted by Crippen LogP contribution is 2.31. The molecule has 0 saturated carbocycles. The predicted octanol–water partition coefficient (Wildman–Crippen LogP) is 4.35. The highest BCUT2D eigenvalue weighted by Gasteiger charge is 2.26. The van der Waals surface area contributed by atoms with Gasteiger partial charge in [0, 0.05) is 55.7 Å². The van der Waals surface area contributed by atoms with Gasteiger partial charge in [-0.05, 0) is 42.8 Å². The van der Waals surface area contributed by atoms with Crippen LogP contribution in [0, 0.1) is 10.1 Å². The molecule has 1 aliphatic rings. The quantitative estimate of drug-likeness (QED) is 0.314. The molecule has 9 heteroatoms. The number of amides is 1. The molecule has 8 nitrogen and oxygen atoms in total. The zero-order chi connectivity index (χ0) is 23.1. The maximum absolute atomic E-state index is 12.6. The summed E-state index contributed by atoms with van der Waals surface area (Å²) >= 11 is 5.89. The number of nitro benzene ring substituents is 1. The second kappa shape index (κ2) is 10.9. The molecule has 0 atom stereocenters. The molecule has 0 radical (unpaired) electrons. The lowest BCUT2D eigenvalue weighted by molar-refractivity contribution is -0.384. The van der Waals surface area contributed by atoms with Gasteiger partial charge in [0.05, 0.1) is 11.5 Å².